The molecule has 1 aliphatic rings. The van der Waals surface area contributed by atoms with Crippen molar-refractivity contribution in [2.75, 3.05) is 13.7 Å². The zero-order valence-corrected chi connectivity index (χ0v) is 10.7. The van der Waals surface area contributed by atoms with Gasteiger partial charge >= 0.3 is 0 Å². The number of nitrogens with zero attached hydrogens (tertiary/aromatic N) is 1. The normalized spacial score (nSPS) is 16.8. The van der Waals surface area contributed by atoms with Crippen molar-refractivity contribution in [2.45, 2.75) is 25.3 Å². The second-order valence-corrected chi connectivity index (χ2v) is 4.10. The van der Waals surface area contributed by atoms with Crippen LogP contribution in [-0.4, -0.2) is 19.7 Å². The van der Waals surface area contributed by atoms with Gasteiger partial charge in [0.05, 0.1) is 13.2 Å². The largest absolute Gasteiger partial charge is 0.497 e. The van der Waals surface area contributed by atoms with E-state index in [0.29, 0.717) is 12.5 Å². The fourth-order valence-corrected chi connectivity index (χ4v) is 2.20. The third kappa shape index (κ3) is 3.36. The molecule has 4 heteroatoms. The Morgan fingerprint density at radius 2 is 2.18 bits per heavy atom. The Balaban J connectivity index is 0.00000144. The first-order chi connectivity index (χ1) is 7.83. The van der Waals surface area contributed by atoms with Crippen LogP contribution in [0.3, 0.4) is 0 Å². The molecule has 0 heterocycles. The third-order valence-corrected chi connectivity index (χ3v) is 3.02. The van der Waals surface area contributed by atoms with Gasteiger partial charge in [0.1, 0.15) is 5.75 Å². The highest BCUT2D eigenvalue weighted by Gasteiger charge is 2.20. The van der Waals surface area contributed by atoms with Crippen molar-refractivity contribution in [3.63, 3.8) is 0 Å². The molecular weight excluding hydrogens is 236 g/mol. The summed E-state index contributed by atoms with van der Waals surface area (Å²) >= 11 is 0. The van der Waals surface area contributed by atoms with Crippen molar-refractivity contribution in [3.05, 3.63) is 29.3 Å². The molecule has 1 aromatic rings. The molecule has 0 aliphatic heterocycles. The fourth-order valence-electron chi connectivity index (χ4n) is 2.20. The summed E-state index contributed by atoms with van der Waals surface area (Å²) in [5.74, 6) is 0.927. The first-order valence-electron chi connectivity index (χ1n) is 5.59. The van der Waals surface area contributed by atoms with Crippen LogP contribution in [0.1, 0.15) is 17.5 Å². The number of nitrogens with one attached hydrogen (secondary N) is 1. The number of benzene rings is 1. The van der Waals surface area contributed by atoms with Gasteiger partial charge < -0.3 is 10.1 Å². The smallest absolute Gasteiger partial charge is 0.119 e. The van der Waals surface area contributed by atoms with Crippen molar-refractivity contribution in [1.29, 1.82) is 5.26 Å². The maximum absolute atomic E-state index is 8.48. The molecule has 0 radical (unpaired) electrons. The molecule has 1 unspecified atom stereocenters. The van der Waals surface area contributed by atoms with Crippen molar-refractivity contribution in [2.24, 2.45) is 0 Å². The molecule has 1 atom stereocenters. The minimum atomic E-state index is 0. The van der Waals surface area contributed by atoms with Crippen molar-refractivity contribution in [1.82, 2.24) is 5.32 Å². The Hall–Kier alpha value is -1.24. The van der Waals surface area contributed by atoms with Crippen LogP contribution in [0.15, 0.2) is 18.2 Å². The van der Waals surface area contributed by atoms with Crippen LogP contribution in [0.4, 0.5) is 0 Å². The summed E-state index contributed by atoms with van der Waals surface area (Å²) in [6.45, 7) is 0.784. The first kappa shape index (κ1) is 13.8. The first-order valence-corrected chi connectivity index (χ1v) is 5.59. The predicted octanol–water partition coefficient (Wildman–Crippen LogP) is 2.09. The highest BCUT2D eigenvalue weighted by molar-refractivity contribution is 5.85. The Labute approximate surface area is 108 Å². The summed E-state index contributed by atoms with van der Waals surface area (Å²) < 4.78 is 5.21. The number of rotatable bonds is 4. The van der Waals surface area contributed by atoms with E-state index < -0.39 is 0 Å². The van der Waals surface area contributed by atoms with Gasteiger partial charge in [0.25, 0.3) is 0 Å². The lowest BCUT2D eigenvalue weighted by Crippen LogP contribution is -2.30. The number of fused-ring (bicyclic) bond motifs is 1. The summed E-state index contributed by atoms with van der Waals surface area (Å²) in [6.07, 6.45) is 2.68. The molecule has 0 saturated carbocycles. The van der Waals surface area contributed by atoms with Crippen LogP contribution >= 0.6 is 12.4 Å². The maximum Gasteiger partial charge on any atom is 0.119 e. The molecule has 92 valence electrons. The molecule has 0 amide bonds. The number of hydrogen-bond donors (Lipinski definition) is 1. The van der Waals surface area contributed by atoms with Crippen molar-refractivity contribution >= 4 is 12.4 Å². The summed E-state index contributed by atoms with van der Waals surface area (Å²) in [5, 5.41) is 11.9. The lowest BCUT2D eigenvalue weighted by Gasteiger charge is -2.09. The summed E-state index contributed by atoms with van der Waals surface area (Å²) in [6, 6.07) is 8.89. The van der Waals surface area contributed by atoms with Crippen LogP contribution in [0.25, 0.3) is 0 Å². The van der Waals surface area contributed by atoms with E-state index in [1.165, 1.54) is 11.1 Å². The van der Waals surface area contributed by atoms with Crippen LogP contribution < -0.4 is 10.1 Å². The standard InChI is InChI=1S/C13H16N2O.ClH/c1-16-13-4-3-10-7-12(8-11(10)9-13)15-6-2-5-14;/h3-4,9,12,15H,2,6-8H2,1H3;1H. The lowest BCUT2D eigenvalue weighted by atomic mass is 10.1. The van der Waals surface area contributed by atoms with Gasteiger partial charge in [0.2, 0.25) is 0 Å². The number of hydrogen-bond acceptors (Lipinski definition) is 3. The molecule has 0 fully saturated rings. The second kappa shape index (κ2) is 6.48. The second-order valence-electron chi connectivity index (χ2n) is 4.10. The SMILES string of the molecule is COc1ccc2c(c1)CC(NCCC#N)C2.Cl. The molecular formula is C13H17ClN2O. The number of ether oxygens (including phenoxy) is 1. The maximum atomic E-state index is 8.48. The number of halogens is 1. The monoisotopic (exact) mass is 252 g/mol. The van der Waals surface area contributed by atoms with Crippen LogP contribution in [0, 0.1) is 11.3 Å². The molecule has 3 nitrogen and oxygen atoms in total. The van der Waals surface area contributed by atoms with Gasteiger partial charge in [-0.3, -0.25) is 0 Å². The topological polar surface area (TPSA) is 45.0 Å². The predicted molar refractivity (Wildman–Crippen MR) is 69.7 cm³/mol. The Bertz CT molecular complexity index is 414. The minimum Gasteiger partial charge on any atom is -0.497 e. The highest BCUT2D eigenvalue weighted by atomic mass is 35.5. The van der Waals surface area contributed by atoms with E-state index >= 15 is 0 Å². The Kier molecular flexibility index (Phi) is 5.27. The van der Waals surface area contributed by atoms with Gasteiger partial charge in [0, 0.05) is 19.0 Å². The van der Waals surface area contributed by atoms with Crippen molar-refractivity contribution < 1.29 is 4.74 Å². The number of nitriles is 1. The van der Waals surface area contributed by atoms with E-state index in [1.807, 2.05) is 6.07 Å². The van der Waals surface area contributed by atoms with Gasteiger partial charge in [-0.2, -0.15) is 5.26 Å². The van der Waals surface area contributed by atoms with E-state index in [4.69, 9.17) is 10.00 Å². The van der Waals surface area contributed by atoms with Crippen LogP contribution in [0.2, 0.25) is 0 Å². The molecule has 0 aromatic heterocycles. The van der Waals surface area contributed by atoms with E-state index in [-0.39, 0.29) is 12.4 Å². The van der Waals surface area contributed by atoms with E-state index in [9.17, 15) is 0 Å². The van der Waals surface area contributed by atoms with E-state index in [0.717, 1.165) is 25.1 Å². The number of methoxy groups -OCH3 is 1. The summed E-state index contributed by atoms with van der Waals surface area (Å²) in [4.78, 5) is 0. The average Bonchev–Trinajstić information content (AvgIpc) is 2.70. The molecule has 0 bridgehead atoms. The van der Waals surface area contributed by atoms with E-state index in [2.05, 4.69) is 23.5 Å². The molecule has 1 aliphatic carbocycles. The average molecular weight is 253 g/mol. The lowest BCUT2D eigenvalue weighted by molar-refractivity contribution is 0.414. The molecule has 17 heavy (non-hydrogen) atoms. The molecule has 0 saturated heterocycles. The zero-order valence-electron chi connectivity index (χ0n) is 9.90. The van der Waals surface area contributed by atoms with Crippen LogP contribution in [0.5, 0.6) is 5.75 Å². The Morgan fingerprint density at radius 3 is 2.88 bits per heavy atom. The Morgan fingerprint density at radius 1 is 1.41 bits per heavy atom. The molecule has 1 N–H and O–H groups in total. The quantitative estimate of drug-likeness (QED) is 0.835. The third-order valence-electron chi connectivity index (χ3n) is 3.02. The van der Waals surface area contributed by atoms with Gasteiger partial charge in [-0.15, -0.1) is 12.4 Å². The molecule has 0 spiro atoms. The highest BCUT2D eigenvalue weighted by Crippen LogP contribution is 2.26. The minimum absolute atomic E-state index is 0. The molecule has 2 rings (SSSR count). The van der Waals surface area contributed by atoms with E-state index in [1.54, 1.807) is 7.11 Å². The fraction of sp³-hybridized carbons (Fsp3) is 0.462. The van der Waals surface area contributed by atoms with Gasteiger partial charge in [0.15, 0.2) is 0 Å². The summed E-state index contributed by atoms with van der Waals surface area (Å²) in [5.41, 5.74) is 2.77. The van der Waals surface area contributed by atoms with Gasteiger partial charge in [-0.05, 0) is 36.1 Å². The van der Waals surface area contributed by atoms with Crippen molar-refractivity contribution in [3.8, 4) is 11.8 Å². The molecule has 1 aromatic carbocycles. The van der Waals surface area contributed by atoms with Gasteiger partial charge in [-0.1, -0.05) is 6.07 Å². The zero-order chi connectivity index (χ0) is 11.4. The summed E-state index contributed by atoms with van der Waals surface area (Å²) in [7, 11) is 1.69. The van der Waals surface area contributed by atoms with Crippen LogP contribution in [-0.2, 0) is 12.8 Å². The van der Waals surface area contributed by atoms with Gasteiger partial charge in [-0.25, -0.2) is 0 Å².